The van der Waals surface area contributed by atoms with E-state index < -0.39 is 0 Å². The molecular weight excluding hydrogens is 206 g/mol. The van der Waals surface area contributed by atoms with Gasteiger partial charge in [-0.05, 0) is 49.2 Å². The van der Waals surface area contributed by atoms with Crippen LogP contribution in [0.2, 0.25) is 0 Å². The molecular formula is C16H23N. The smallest absolute Gasteiger partial charge is 0.0915 e. The van der Waals surface area contributed by atoms with Gasteiger partial charge in [-0.25, -0.2) is 0 Å². The van der Waals surface area contributed by atoms with Crippen molar-refractivity contribution < 1.29 is 0 Å². The Hall–Kier alpha value is -1.29. The Morgan fingerprint density at radius 2 is 1.88 bits per heavy atom. The minimum absolute atomic E-state index is 0.0371. The van der Waals surface area contributed by atoms with Gasteiger partial charge in [-0.3, -0.25) is 0 Å². The van der Waals surface area contributed by atoms with Gasteiger partial charge in [0.25, 0.3) is 0 Å². The van der Waals surface area contributed by atoms with Gasteiger partial charge < -0.3 is 0 Å². The van der Waals surface area contributed by atoms with Crippen molar-refractivity contribution in [3.05, 3.63) is 34.9 Å². The lowest BCUT2D eigenvalue weighted by molar-refractivity contribution is 0.517. The van der Waals surface area contributed by atoms with Crippen LogP contribution in [0.5, 0.6) is 0 Å². The SMILES string of the molecule is CC1=C(/C=C/C(=C/C#N)C(C)(C)C)CCCC1. The zero-order valence-corrected chi connectivity index (χ0v) is 11.5. The summed E-state index contributed by atoms with van der Waals surface area (Å²) in [6.07, 6.45) is 11.0. The van der Waals surface area contributed by atoms with Crippen molar-refractivity contribution in [2.24, 2.45) is 5.41 Å². The number of hydrogen-bond donors (Lipinski definition) is 0. The van der Waals surface area contributed by atoms with Crippen LogP contribution in [0.3, 0.4) is 0 Å². The van der Waals surface area contributed by atoms with E-state index in [1.54, 1.807) is 6.08 Å². The minimum atomic E-state index is 0.0371. The monoisotopic (exact) mass is 229 g/mol. The molecule has 17 heavy (non-hydrogen) atoms. The summed E-state index contributed by atoms with van der Waals surface area (Å²) in [6.45, 7) is 8.65. The summed E-state index contributed by atoms with van der Waals surface area (Å²) in [6, 6.07) is 2.14. The summed E-state index contributed by atoms with van der Waals surface area (Å²) < 4.78 is 0. The van der Waals surface area contributed by atoms with Gasteiger partial charge >= 0.3 is 0 Å². The maximum absolute atomic E-state index is 8.82. The average molecular weight is 229 g/mol. The normalized spacial score (nSPS) is 18.6. The van der Waals surface area contributed by atoms with Crippen molar-refractivity contribution in [3.63, 3.8) is 0 Å². The third-order valence-corrected chi connectivity index (χ3v) is 3.35. The van der Waals surface area contributed by atoms with Crippen molar-refractivity contribution in [2.45, 2.75) is 53.4 Å². The van der Waals surface area contributed by atoms with Gasteiger partial charge in [0.05, 0.1) is 6.07 Å². The maximum atomic E-state index is 8.82. The topological polar surface area (TPSA) is 23.8 Å². The Morgan fingerprint density at radius 3 is 2.41 bits per heavy atom. The predicted octanol–water partition coefficient (Wildman–Crippen LogP) is 4.93. The lowest BCUT2D eigenvalue weighted by Gasteiger charge is -2.20. The summed E-state index contributed by atoms with van der Waals surface area (Å²) in [5.41, 5.74) is 4.11. The van der Waals surface area contributed by atoms with Crippen molar-refractivity contribution in [2.75, 3.05) is 0 Å². The molecule has 0 heterocycles. The van der Waals surface area contributed by atoms with E-state index >= 15 is 0 Å². The van der Waals surface area contributed by atoms with Gasteiger partial charge in [0.2, 0.25) is 0 Å². The highest BCUT2D eigenvalue weighted by Gasteiger charge is 2.14. The van der Waals surface area contributed by atoms with E-state index in [0.29, 0.717) is 0 Å². The second kappa shape index (κ2) is 5.87. The van der Waals surface area contributed by atoms with Gasteiger partial charge in [-0.15, -0.1) is 0 Å². The second-order valence-corrected chi connectivity index (χ2v) is 5.82. The summed E-state index contributed by atoms with van der Waals surface area (Å²) in [5.74, 6) is 0. The van der Waals surface area contributed by atoms with Gasteiger partial charge in [0, 0.05) is 6.08 Å². The molecule has 0 saturated heterocycles. The van der Waals surface area contributed by atoms with Gasteiger partial charge in [-0.2, -0.15) is 5.26 Å². The van der Waals surface area contributed by atoms with Crippen LogP contribution in [-0.2, 0) is 0 Å². The molecule has 92 valence electrons. The fourth-order valence-electron chi connectivity index (χ4n) is 2.08. The lowest BCUT2D eigenvalue weighted by atomic mass is 9.85. The zero-order valence-electron chi connectivity index (χ0n) is 11.5. The summed E-state index contributed by atoms with van der Waals surface area (Å²) >= 11 is 0. The Kier molecular flexibility index (Phi) is 4.75. The number of hydrogen-bond acceptors (Lipinski definition) is 1. The molecule has 0 saturated carbocycles. The van der Waals surface area contributed by atoms with Crippen LogP contribution in [0, 0.1) is 16.7 Å². The van der Waals surface area contributed by atoms with Crippen LogP contribution in [0.25, 0.3) is 0 Å². The predicted molar refractivity (Wildman–Crippen MR) is 73.5 cm³/mol. The number of nitrogens with zero attached hydrogens (tertiary/aromatic N) is 1. The number of rotatable bonds is 2. The number of nitriles is 1. The Balaban J connectivity index is 2.89. The molecule has 0 unspecified atom stereocenters. The molecule has 1 nitrogen and oxygen atoms in total. The molecule has 0 fully saturated rings. The molecule has 1 rings (SSSR count). The molecule has 0 aliphatic heterocycles. The van der Waals surface area contributed by atoms with E-state index in [2.05, 4.69) is 45.9 Å². The van der Waals surface area contributed by atoms with Gasteiger partial charge in [0.1, 0.15) is 0 Å². The summed E-state index contributed by atoms with van der Waals surface area (Å²) in [4.78, 5) is 0. The van der Waals surface area contributed by atoms with E-state index in [9.17, 15) is 0 Å². The summed E-state index contributed by atoms with van der Waals surface area (Å²) in [7, 11) is 0. The average Bonchev–Trinajstić information content (AvgIpc) is 2.24. The van der Waals surface area contributed by atoms with E-state index in [1.165, 1.54) is 36.8 Å². The number of allylic oxidation sites excluding steroid dienone is 6. The van der Waals surface area contributed by atoms with Crippen LogP contribution >= 0.6 is 0 Å². The second-order valence-electron chi connectivity index (χ2n) is 5.82. The van der Waals surface area contributed by atoms with E-state index in [4.69, 9.17) is 5.26 Å². The molecule has 0 aromatic rings. The van der Waals surface area contributed by atoms with E-state index in [1.807, 2.05) is 0 Å². The molecule has 0 bridgehead atoms. The fourth-order valence-corrected chi connectivity index (χ4v) is 2.08. The first kappa shape index (κ1) is 13.8. The molecule has 0 N–H and O–H groups in total. The molecule has 1 aliphatic carbocycles. The van der Waals surface area contributed by atoms with Crippen LogP contribution < -0.4 is 0 Å². The quantitative estimate of drug-likeness (QED) is 0.486. The third kappa shape index (κ3) is 4.23. The van der Waals surface area contributed by atoms with Crippen LogP contribution in [0.15, 0.2) is 34.9 Å². The molecule has 1 heteroatoms. The highest BCUT2D eigenvalue weighted by molar-refractivity contribution is 5.36. The van der Waals surface area contributed by atoms with Crippen LogP contribution in [-0.4, -0.2) is 0 Å². The van der Waals surface area contributed by atoms with Crippen molar-refractivity contribution >= 4 is 0 Å². The highest BCUT2D eigenvalue weighted by atomic mass is 14.2. The van der Waals surface area contributed by atoms with Gasteiger partial charge in [-0.1, -0.05) is 38.5 Å². The van der Waals surface area contributed by atoms with Crippen LogP contribution in [0.1, 0.15) is 53.4 Å². The zero-order chi connectivity index (χ0) is 12.9. The van der Waals surface area contributed by atoms with E-state index in [0.717, 1.165) is 5.57 Å². The molecule has 0 radical (unpaired) electrons. The molecule has 0 aromatic carbocycles. The minimum Gasteiger partial charge on any atom is -0.193 e. The molecule has 0 spiro atoms. The fraction of sp³-hybridized carbons (Fsp3) is 0.562. The largest absolute Gasteiger partial charge is 0.193 e. The first-order valence-electron chi connectivity index (χ1n) is 6.42. The maximum Gasteiger partial charge on any atom is 0.0915 e. The molecule has 1 aliphatic rings. The summed E-state index contributed by atoms with van der Waals surface area (Å²) in [5, 5.41) is 8.82. The molecule has 0 aromatic heterocycles. The van der Waals surface area contributed by atoms with Gasteiger partial charge in [0.15, 0.2) is 0 Å². The Bertz CT molecular complexity index is 394. The first-order chi connectivity index (χ1) is 7.95. The molecule has 0 amide bonds. The Morgan fingerprint density at radius 1 is 1.24 bits per heavy atom. The van der Waals surface area contributed by atoms with Crippen LogP contribution in [0.4, 0.5) is 0 Å². The standard InChI is InChI=1S/C16H23N/c1-13-7-5-6-8-14(13)9-10-15(11-12-17)16(2,3)4/h9-11H,5-8H2,1-4H3/b10-9+,15-11-. The van der Waals surface area contributed by atoms with E-state index in [-0.39, 0.29) is 5.41 Å². The van der Waals surface area contributed by atoms with Crippen molar-refractivity contribution in [1.29, 1.82) is 5.26 Å². The Labute approximate surface area is 106 Å². The molecule has 0 atom stereocenters. The first-order valence-corrected chi connectivity index (χ1v) is 6.42. The van der Waals surface area contributed by atoms with Crippen molar-refractivity contribution in [3.8, 4) is 6.07 Å². The lowest BCUT2D eigenvalue weighted by Crippen LogP contribution is -2.07. The van der Waals surface area contributed by atoms with Crippen molar-refractivity contribution in [1.82, 2.24) is 0 Å². The highest BCUT2D eigenvalue weighted by Crippen LogP contribution is 2.29. The third-order valence-electron chi connectivity index (χ3n) is 3.35.